The SMILES string of the molecule is O=c1oc2ccccc2c2c1C(c1ccc3ccccc3c1)c1c(ccc3c1CN=N3)N2. The van der Waals surface area contributed by atoms with Crippen LogP contribution in [0.1, 0.15) is 28.2 Å². The van der Waals surface area contributed by atoms with Crippen molar-refractivity contribution >= 4 is 38.8 Å². The van der Waals surface area contributed by atoms with E-state index in [1.807, 2.05) is 48.5 Å². The van der Waals surface area contributed by atoms with Gasteiger partial charge in [-0.2, -0.15) is 10.2 Å². The van der Waals surface area contributed by atoms with Crippen LogP contribution in [0.15, 0.2) is 98.3 Å². The minimum Gasteiger partial charge on any atom is -0.422 e. The summed E-state index contributed by atoms with van der Waals surface area (Å²) >= 11 is 0. The summed E-state index contributed by atoms with van der Waals surface area (Å²) in [6, 6.07) is 26.4. The fourth-order valence-electron chi connectivity index (χ4n) is 5.09. The van der Waals surface area contributed by atoms with Gasteiger partial charge in [0.1, 0.15) is 5.58 Å². The molecule has 1 N–H and O–H groups in total. The smallest absolute Gasteiger partial charge is 0.342 e. The Morgan fingerprint density at radius 1 is 0.875 bits per heavy atom. The van der Waals surface area contributed by atoms with Crippen LogP contribution in [0.4, 0.5) is 17.1 Å². The number of fused-ring (bicyclic) bond motifs is 7. The molecule has 5 heteroatoms. The van der Waals surface area contributed by atoms with Crippen LogP contribution in [-0.2, 0) is 6.54 Å². The Kier molecular flexibility index (Phi) is 3.47. The first-order valence-electron chi connectivity index (χ1n) is 10.6. The fourth-order valence-corrected chi connectivity index (χ4v) is 5.09. The maximum atomic E-state index is 13.4. The van der Waals surface area contributed by atoms with Crippen LogP contribution in [0.25, 0.3) is 21.7 Å². The van der Waals surface area contributed by atoms with Crippen LogP contribution in [0, 0.1) is 0 Å². The molecule has 4 aromatic carbocycles. The van der Waals surface area contributed by atoms with Gasteiger partial charge in [-0.05, 0) is 46.2 Å². The minimum atomic E-state index is -0.320. The topological polar surface area (TPSA) is 67.0 Å². The molecule has 1 atom stereocenters. The third-order valence-electron chi connectivity index (χ3n) is 6.53. The molecule has 0 radical (unpaired) electrons. The Morgan fingerprint density at radius 2 is 1.72 bits per heavy atom. The second-order valence-corrected chi connectivity index (χ2v) is 8.26. The zero-order chi connectivity index (χ0) is 21.2. The predicted octanol–water partition coefficient (Wildman–Crippen LogP) is 6.78. The van der Waals surface area contributed by atoms with E-state index in [1.165, 1.54) is 5.39 Å². The molecular formula is C27H17N3O2. The van der Waals surface area contributed by atoms with Gasteiger partial charge >= 0.3 is 5.63 Å². The average molecular weight is 415 g/mol. The van der Waals surface area contributed by atoms with Gasteiger partial charge < -0.3 is 9.73 Å². The summed E-state index contributed by atoms with van der Waals surface area (Å²) in [5, 5.41) is 15.3. The number of nitrogens with zero attached hydrogens (tertiary/aromatic N) is 2. The molecule has 0 aliphatic carbocycles. The van der Waals surface area contributed by atoms with Crippen molar-refractivity contribution in [1.82, 2.24) is 0 Å². The van der Waals surface area contributed by atoms with E-state index in [2.05, 4.69) is 45.9 Å². The van der Waals surface area contributed by atoms with Crippen molar-refractivity contribution in [2.45, 2.75) is 12.5 Å². The maximum Gasteiger partial charge on any atom is 0.342 e. The Morgan fingerprint density at radius 3 is 2.66 bits per heavy atom. The minimum absolute atomic E-state index is 0.273. The quantitative estimate of drug-likeness (QED) is 0.301. The van der Waals surface area contributed by atoms with Gasteiger partial charge in [0, 0.05) is 22.6 Å². The van der Waals surface area contributed by atoms with Crippen molar-refractivity contribution in [3.63, 3.8) is 0 Å². The number of rotatable bonds is 1. The van der Waals surface area contributed by atoms with Crippen molar-refractivity contribution in [3.8, 4) is 0 Å². The van der Waals surface area contributed by atoms with Gasteiger partial charge in [-0.25, -0.2) is 4.79 Å². The number of anilines is 2. The van der Waals surface area contributed by atoms with Gasteiger partial charge in [-0.3, -0.25) is 0 Å². The van der Waals surface area contributed by atoms with Crippen LogP contribution in [0.5, 0.6) is 0 Å². The number of para-hydroxylation sites is 1. The van der Waals surface area contributed by atoms with Gasteiger partial charge in [0.2, 0.25) is 0 Å². The maximum absolute atomic E-state index is 13.4. The molecule has 0 spiro atoms. The summed E-state index contributed by atoms with van der Waals surface area (Å²) in [5.74, 6) is -0.273. The number of azo groups is 1. The van der Waals surface area contributed by atoms with Crippen molar-refractivity contribution in [1.29, 1.82) is 0 Å². The summed E-state index contributed by atoms with van der Waals surface area (Å²) in [5.41, 5.74) is 6.72. The highest BCUT2D eigenvalue weighted by molar-refractivity contribution is 5.97. The Labute approximate surface area is 183 Å². The second-order valence-electron chi connectivity index (χ2n) is 8.26. The molecule has 1 aromatic heterocycles. The van der Waals surface area contributed by atoms with E-state index in [-0.39, 0.29) is 11.5 Å². The van der Waals surface area contributed by atoms with Gasteiger partial charge in [-0.1, -0.05) is 54.6 Å². The third kappa shape index (κ3) is 2.36. The first-order chi connectivity index (χ1) is 15.8. The first kappa shape index (κ1) is 17.4. The summed E-state index contributed by atoms with van der Waals surface area (Å²) < 4.78 is 5.79. The number of benzene rings is 4. The van der Waals surface area contributed by atoms with E-state index in [4.69, 9.17) is 4.42 Å². The van der Waals surface area contributed by atoms with Crippen molar-refractivity contribution in [2.24, 2.45) is 10.2 Å². The molecule has 2 aliphatic heterocycles. The van der Waals surface area contributed by atoms with Crippen LogP contribution >= 0.6 is 0 Å². The number of hydrogen-bond donors (Lipinski definition) is 1. The van der Waals surface area contributed by atoms with E-state index in [1.54, 1.807) is 0 Å². The predicted molar refractivity (Wildman–Crippen MR) is 125 cm³/mol. The fraction of sp³-hybridized carbons (Fsp3) is 0.0741. The first-order valence-corrected chi connectivity index (χ1v) is 10.6. The monoisotopic (exact) mass is 415 g/mol. The van der Waals surface area contributed by atoms with Gasteiger partial charge in [-0.15, -0.1) is 0 Å². The number of hydrogen-bond acceptors (Lipinski definition) is 5. The lowest BCUT2D eigenvalue weighted by atomic mass is 9.78. The number of nitrogens with one attached hydrogen (secondary N) is 1. The highest BCUT2D eigenvalue weighted by Crippen LogP contribution is 2.50. The highest BCUT2D eigenvalue weighted by Gasteiger charge is 2.35. The highest BCUT2D eigenvalue weighted by atomic mass is 16.4. The van der Waals surface area contributed by atoms with E-state index in [9.17, 15) is 4.79 Å². The molecule has 3 heterocycles. The molecule has 152 valence electrons. The lowest BCUT2D eigenvalue weighted by Crippen LogP contribution is -2.23. The molecule has 1 unspecified atom stereocenters. The van der Waals surface area contributed by atoms with Crippen molar-refractivity contribution < 1.29 is 4.42 Å². The van der Waals surface area contributed by atoms with Crippen LogP contribution < -0.4 is 10.9 Å². The largest absolute Gasteiger partial charge is 0.422 e. The molecule has 0 fully saturated rings. The van der Waals surface area contributed by atoms with E-state index in [0.29, 0.717) is 17.7 Å². The molecular weight excluding hydrogens is 398 g/mol. The average Bonchev–Trinajstić information content (AvgIpc) is 3.32. The van der Waals surface area contributed by atoms with Crippen LogP contribution in [0.3, 0.4) is 0 Å². The normalized spacial score (nSPS) is 15.9. The van der Waals surface area contributed by atoms with E-state index < -0.39 is 0 Å². The summed E-state index contributed by atoms with van der Waals surface area (Å²) in [6.45, 7) is 0.512. The van der Waals surface area contributed by atoms with Gasteiger partial charge in [0.25, 0.3) is 0 Å². The molecule has 0 bridgehead atoms. The molecule has 0 saturated carbocycles. The van der Waals surface area contributed by atoms with Gasteiger partial charge in [0.15, 0.2) is 0 Å². The van der Waals surface area contributed by atoms with Crippen LogP contribution in [-0.4, -0.2) is 0 Å². The van der Waals surface area contributed by atoms with Crippen LogP contribution in [0.2, 0.25) is 0 Å². The molecule has 0 amide bonds. The molecule has 0 saturated heterocycles. The standard InChI is InChI=1S/C27H17N3O2/c31-27-25-23(17-10-9-15-5-1-2-6-16(15)13-17)24-19-14-28-30-20(19)11-12-21(24)29-26(25)18-7-3-4-8-22(18)32-27/h1-13,23,29H,14H2. The zero-order valence-corrected chi connectivity index (χ0v) is 17.0. The van der Waals surface area contributed by atoms with Crippen molar-refractivity contribution in [2.75, 3.05) is 5.32 Å². The third-order valence-corrected chi connectivity index (χ3v) is 6.53. The summed E-state index contributed by atoms with van der Waals surface area (Å²) in [4.78, 5) is 13.4. The summed E-state index contributed by atoms with van der Waals surface area (Å²) in [7, 11) is 0. The van der Waals surface area contributed by atoms with Gasteiger partial charge in [0.05, 0.1) is 23.5 Å². The zero-order valence-electron chi connectivity index (χ0n) is 17.0. The molecule has 5 aromatic rings. The molecule has 7 rings (SSSR count). The van der Waals surface area contributed by atoms with Crippen molar-refractivity contribution in [3.05, 3.63) is 112 Å². The summed E-state index contributed by atoms with van der Waals surface area (Å²) in [6.07, 6.45) is 0. The molecule has 5 nitrogen and oxygen atoms in total. The second kappa shape index (κ2) is 6.37. The lowest BCUT2D eigenvalue weighted by molar-refractivity contribution is 0.548. The molecule has 2 aliphatic rings. The van der Waals surface area contributed by atoms with E-state index in [0.717, 1.165) is 44.5 Å². The Balaban J connectivity index is 1.59. The van der Waals surface area contributed by atoms with E-state index >= 15 is 0 Å². The molecule has 32 heavy (non-hydrogen) atoms. The lowest BCUT2D eigenvalue weighted by Gasteiger charge is -2.31. The Hall–Kier alpha value is -4.25. The Bertz CT molecular complexity index is 1670.